The van der Waals surface area contributed by atoms with Crippen LogP contribution in [0.15, 0.2) is 0 Å². The van der Waals surface area contributed by atoms with Crippen molar-refractivity contribution in [1.82, 2.24) is 0 Å². The van der Waals surface area contributed by atoms with Gasteiger partial charge in [0.2, 0.25) is 0 Å². The summed E-state index contributed by atoms with van der Waals surface area (Å²) in [6.45, 7) is 0. The highest BCUT2D eigenvalue weighted by atomic mass is 16.6. The van der Waals surface area contributed by atoms with E-state index >= 15 is 0 Å². The fourth-order valence-electron chi connectivity index (χ4n) is 2.70. The average molecular weight is 138 g/mol. The molecule has 1 nitrogen and oxygen atoms in total. The van der Waals surface area contributed by atoms with Crippen molar-refractivity contribution in [2.24, 2.45) is 0 Å². The Hall–Kier alpha value is -0.0400. The van der Waals surface area contributed by atoms with E-state index < -0.39 is 0 Å². The number of epoxide rings is 1. The summed E-state index contributed by atoms with van der Waals surface area (Å²) in [7, 11) is 0. The molecule has 0 atom stereocenters. The van der Waals surface area contributed by atoms with Gasteiger partial charge in [0.25, 0.3) is 0 Å². The first-order valence-corrected chi connectivity index (χ1v) is 4.57. The van der Waals surface area contributed by atoms with Gasteiger partial charge in [0, 0.05) is 0 Å². The molecule has 0 unspecified atom stereocenters. The van der Waals surface area contributed by atoms with Gasteiger partial charge >= 0.3 is 0 Å². The predicted octanol–water partition coefficient (Wildman–Crippen LogP) is 2.25. The third-order valence-electron chi connectivity index (χ3n) is 3.54. The van der Waals surface area contributed by atoms with Crippen LogP contribution < -0.4 is 0 Å². The highest BCUT2D eigenvalue weighted by molar-refractivity contribution is 5.24. The van der Waals surface area contributed by atoms with E-state index in [9.17, 15) is 0 Å². The topological polar surface area (TPSA) is 12.5 Å². The van der Waals surface area contributed by atoms with Crippen molar-refractivity contribution in [2.45, 2.75) is 56.1 Å². The molecule has 1 heteroatoms. The zero-order valence-electron chi connectivity index (χ0n) is 6.36. The minimum atomic E-state index is 0.436. The maximum Gasteiger partial charge on any atom is 0.0982 e. The molecule has 0 aromatic carbocycles. The van der Waals surface area contributed by atoms with Crippen molar-refractivity contribution in [3.8, 4) is 0 Å². The van der Waals surface area contributed by atoms with E-state index in [-0.39, 0.29) is 0 Å². The van der Waals surface area contributed by atoms with Gasteiger partial charge in [-0.2, -0.15) is 0 Å². The Balaban J connectivity index is 1.80. The van der Waals surface area contributed by atoms with Crippen LogP contribution in [0.5, 0.6) is 0 Å². The van der Waals surface area contributed by atoms with E-state index in [1.165, 1.54) is 44.9 Å². The Morgan fingerprint density at radius 1 is 0.700 bits per heavy atom. The molecular weight excluding hydrogens is 124 g/mol. The van der Waals surface area contributed by atoms with E-state index in [0.29, 0.717) is 11.2 Å². The van der Waals surface area contributed by atoms with Crippen LogP contribution in [0.2, 0.25) is 0 Å². The summed E-state index contributed by atoms with van der Waals surface area (Å²) in [6.07, 6.45) is 9.75. The van der Waals surface area contributed by atoms with E-state index in [0.717, 1.165) is 0 Å². The maximum absolute atomic E-state index is 5.84. The molecule has 2 saturated carbocycles. The van der Waals surface area contributed by atoms with Crippen LogP contribution >= 0.6 is 0 Å². The quantitative estimate of drug-likeness (QED) is 0.468. The molecule has 3 fully saturated rings. The van der Waals surface area contributed by atoms with Crippen molar-refractivity contribution in [2.75, 3.05) is 0 Å². The molecule has 0 bridgehead atoms. The van der Waals surface area contributed by atoms with Crippen LogP contribution in [-0.4, -0.2) is 11.2 Å². The molecule has 0 aromatic rings. The minimum Gasteiger partial charge on any atom is -0.363 e. The smallest absolute Gasteiger partial charge is 0.0982 e. The number of hydrogen-bond donors (Lipinski definition) is 0. The zero-order chi connectivity index (χ0) is 6.66. The molecule has 2 spiro atoms. The van der Waals surface area contributed by atoms with Crippen LogP contribution in [0.4, 0.5) is 0 Å². The van der Waals surface area contributed by atoms with Crippen LogP contribution in [0.25, 0.3) is 0 Å². The second kappa shape index (κ2) is 1.42. The van der Waals surface area contributed by atoms with Crippen LogP contribution in [0.3, 0.4) is 0 Å². The lowest BCUT2D eigenvalue weighted by atomic mass is 9.85. The lowest BCUT2D eigenvalue weighted by Crippen LogP contribution is -2.19. The molecule has 0 N–H and O–H groups in total. The monoisotopic (exact) mass is 138 g/mol. The second-order valence-corrected chi connectivity index (χ2v) is 4.15. The fourth-order valence-corrected chi connectivity index (χ4v) is 2.70. The highest BCUT2D eigenvalue weighted by Crippen LogP contribution is 2.69. The van der Waals surface area contributed by atoms with Crippen LogP contribution in [0, 0.1) is 0 Å². The average Bonchev–Trinajstić information content (AvgIpc) is 2.81. The highest BCUT2D eigenvalue weighted by Gasteiger charge is 2.75. The van der Waals surface area contributed by atoms with Crippen LogP contribution in [-0.2, 0) is 4.74 Å². The van der Waals surface area contributed by atoms with E-state index in [1.807, 2.05) is 0 Å². The molecule has 0 amide bonds. The number of hydrogen-bond acceptors (Lipinski definition) is 1. The van der Waals surface area contributed by atoms with Gasteiger partial charge in [-0.25, -0.2) is 0 Å². The molecule has 56 valence electrons. The lowest BCUT2D eigenvalue weighted by Gasteiger charge is -2.17. The van der Waals surface area contributed by atoms with E-state index in [2.05, 4.69) is 0 Å². The molecule has 3 aliphatic rings. The maximum atomic E-state index is 5.84. The summed E-state index contributed by atoms with van der Waals surface area (Å²) in [5.74, 6) is 0. The molecule has 0 radical (unpaired) electrons. The summed E-state index contributed by atoms with van der Waals surface area (Å²) < 4.78 is 5.84. The summed E-state index contributed by atoms with van der Waals surface area (Å²) in [6, 6.07) is 0. The Morgan fingerprint density at radius 2 is 1.30 bits per heavy atom. The van der Waals surface area contributed by atoms with Gasteiger partial charge in [-0.1, -0.05) is 19.3 Å². The molecule has 1 heterocycles. The van der Waals surface area contributed by atoms with Crippen molar-refractivity contribution < 1.29 is 4.74 Å². The van der Waals surface area contributed by atoms with Gasteiger partial charge in [0.05, 0.1) is 11.2 Å². The van der Waals surface area contributed by atoms with Gasteiger partial charge < -0.3 is 4.74 Å². The zero-order valence-corrected chi connectivity index (χ0v) is 6.36. The van der Waals surface area contributed by atoms with Crippen molar-refractivity contribution >= 4 is 0 Å². The Morgan fingerprint density at radius 3 is 1.80 bits per heavy atom. The largest absolute Gasteiger partial charge is 0.363 e. The van der Waals surface area contributed by atoms with Crippen molar-refractivity contribution in [3.63, 3.8) is 0 Å². The molecule has 10 heavy (non-hydrogen) atoms. The van der Waals surface area contributed by atoms with Gasteiger partial charge in [-0.15, -0.1) is 0 Å². The molecule has 1 saturated heterocycles. The first-order valence-electron chi connectivity index (χ1n) is 4.57. The molecule has 3 rings (SSSR count). The number of rotatable bonds is 0. The predicted molar refractivity (Wildman–Crippen MR) is 38.9 cm³/mol. The summed E-state index contributed by atoms with van der Waals surface area (Å²) in [5, 5.41) is 0. The van der Waals surface area contributed by atoms with Crippen LogP contribution in [0.1, 0.15) is 44.9 Å². The number of ether oxygens (including phenoxy) is 1. The Bertz CT molecular complexity index is 164. The molecular formula is C9H14O. The second-order valence-electron chi connectivity index (χ2n) is 4.15. The van der Waals surface area contributed by atoms with E-state index in [1.54, 1.807) is 0 Å². The standard InChI is InChI=1S/C9H14O/c1-2-4-8(5-3-1)9(10-8)6-7-9/h1-7H2. The lowest BCUT2D eigenvalue weighted by molar-refractivity contribution is 0.232. The van der Waals surface area contributed by atoms with Gasteiger partial charge in [-0.05, 0) is 25.7 Å². The summed E-state index contributed by atoms with van der Waals surface area (Å²) in [4.78, 5) is 0. The Kier molecular flexibility index (Phi) is 0.797. The first kappa shape index (κ1) is 5.59. The van der Waals surface area contributed by atoms with Gasteiger partial charge in [0.15, 0.2) is 0 Å². The van der Waals surface area contributed by atoms with Gasteiger partial charge in [-0.3, -0.25) is 0 Å². The van der Waals surface area contributed by atoms with Crippen molar-refractivity contribution in [3.05, 3.63) is 0 Å². The minimum absolute atomic E-state index is 0.436. The normalized spacial score (nSPS) is 38.4. The third-order valence-corrected chi connectivity index (χ3v) is 3.54. The molecule has 2 aliphatic carbocycles. The Labute approximate surface area is 61.8 Å². The SMILES string of the molecule is C1CCC2(CC1)OC21CC1. The van der Waals surface area contributed by atoms with E-state index in [4.69, 9.17) is 4.74 Å². The summed E-state index contributed by atoms with van der Waals surface area (Å²) in [5.41, 5.74) is 0.901. The fraction of sp³-hybridized carbons (Fsp3) is 1.00. The summed E-state index contributed by atoms with van der Waals surface area (Å²) >= 11 is 0. The molecule has 1 aliphatic heterocycles. The van der Waals surface area contributed by atoms with Gasteiger partial charge in [0.1, 0.15) is 0 Å². The molecule has 0 aromatic heterocycles. The van der Waals surface area contributed by atoms with Crippen molar-refractivity contribution in [1.29, 1.82) is 0 Å². The third kappa shape index (κ3) is 0.493. The first-order chi connectivity index (χ1) is 4.87. The number of fused-ring (bicyclic) bond motifs is 1.